The number of furan rings is 1. The second kappa shape index (κ2) is 6.53. The van der Waals surface area contributed by atoms with Crippen LogP contribution in [0.25, 0.3) is 75.4 Å². The van der Waals surface area contributed by atoms with Crippen LogP contribution in [0.5, 0.6) is 0 Å². The summed E-state index contributed by atoms with van der Waals surface area (Å²) in [5.74, 6) is 0.921. The average Bonchev–Trinajstić information content (AvgIpc) is 3.66. The third kappa shape index (κ3) is 2.30. The molecule has 0 N–H and O–H groups in total. The summed E-state index contributed by atoms with van der Waals surface area (Å²) in [6.07, 6.45) is 0. The first-order chi connectivity index (χ1) is 17.8. The number of para-hydroxylation sites is 2. The molecule has 0 fully saturated rings. The fourth-order valence-corrected chi connectivity index (χ4v) is 6.97. The van der Waals surface area contributed by atoms with Crippen molar-refractivity contribution in [3.05, 3.63) is 103 Å². The maximum Gasteiger partial charge on any atom is 0.161 e. The number of hydrogen-bond acceptors (Lipinski definition) is 3. The van der Waals surface area contributed by atoms with Crippen molar-refractivity contribution in [2.24, 2.45) is 0 Å². The zero-order valence-corrected chi connectivity index (χ0v) is 19.8. The Morgan fingerprint density at radius 2 is 1.47 bits per heavy atom. The lowest BCUT2D eigenvalue weighted by molar-refractivity contribution is 0.669. The van der Waals surface area contributed by atoms with E-state index in [1.54, 1.807) is 0 Å². The Hall–Kier alpha value is -4.61. The molecule has 5 heteroatoms. The summed E-state index contributed by atoms with van der Waals surface area (Å²) in [6, 6.07) is 36.3. The molecule has 0 spiro atoms. The Balaban J connectivity index is 1.48. The number of rotatable bonds is 1. The van der Waals surface area contributed by atoms with E-state index in [4.69, 9.17) is 9.52 Å². The Bertz CT molecular complexity index is 2330. The highest BCUT2D eigenvalue weighted by atomic mass is 32.1. The highest BCUT2D eigenvalue weighted by Crippen LogP contribution is 2.44. The summed E-state index contributed by atoms with van der Waals surface area (Å²) in [6.45, 7) is 0. The molecule has 4 aromatic carbocycles. The van der Waals surface area contributed by atoms with Gasteiger partial charge in [0, 0.05) is 43.1 Å². The smallest absolute Gasteiger partial charge is 0.161 e. The van der Waals surface area contributed by atoms with Gasteiger partial charge in [0.2, 0.25) is 0 Å². The first-order valence-corrected chi connectivity index (χ1v) is 12.8. The quantitative estimate of drug-likeness (QED) is 0.236. The first kappa shape index (κ1) is 18.7. The Morgan fingerprint density at radius 3 is 2.44 bits per heavy atom. The molecule has 168 valence electrons. The van der Waals surface area contributed by atoms with Crippen LogP contribution in [0.15, 0.2) is 108 Å². The lowest BCUT2D eigenvalue weighted by atomic mass is 10.1. The molecular weight excluding hydrogens is 462 g/mol. The van der Waals surface area contributed by atoms with Gasteiger partial charge >= 0.3 is 0 Å². The van der Waals surface area contributed by atoms with Gasteiger partial charge in [-0.1, -0.05) is 60.7 Å². The number of pyridine rings is 1. The van der Waals surface area contributed by atoms with Crippen LogP contribution in [0.2, 0.25) is 0 Å². The van der Waals surface area contributed by atoms with E-state index in [0.717, 1.165) is 44.3 Å². The van der Waals surface area contributed by atoms with E-state index >= 15 is 0 Å². The highest BCUT2D eigenvalue weighted by molar-refractivity contribution is 7.25. The molecule has 0 atom stereocenters. The van der Waals surface area contributed by atoms with Crippen molar-refractivity contribution in [3.8, 4) is 5.82 Å². The van der Waals surface area contributed by atoms with E-state index < -0.39 is 0 Å². The molecule has 9 rings (SSSR count). The van der Waals surface area contributed by atoms with Crippen molar-refractivity contribution < 1.29 is 4.42 Å². The zero-order chi connectivity index (χ0) is 23.4. The molecule has 0 amide bonds. The summed E-state index contributed by atoms with van der Waals surface area (Å²) >= 11 is 1.82. The van der Waals surface area contributed by atoms with Gasteiger partial charge in [-0.3, -0.25) is 4.57 Å². The van der Waals surface area contributed by atoms with Gasteiger partial charge in [0.25, 0.3) is 0 Å². The normalized spacial score (nSPS) is 12.4. The van der Waals surface area contributed by atoms with Crippen molar-refractivity contribution in [1.82, 2.24) is 14.2 Å². The summed E-state index contributed by atoms with van der Waals surface area (Å²) in [4.78, 5) is 1.20. The maximum absolute atomic E-state index is 6.28. The third-order valence-electron chi connectivity index (χ3n) is 7.34. The number of benzene rings is 4. The van der Waals surface area contributed by atoms with Crippen molar-refractivity contribution >= 4 is 80.9 Å². The van der Waals surface area contributed by atoms with Crippen molar-refractivity contribution in [3.63, 3.8) is 0 Å². The predicted molar refractivity (Wildman–Crippen MR) is 150 cm³/mol. The van der Waals surface area contributed by atoms with E-state index in [0.29, 0.717) is 0 Å². The van der Waals surface area contributed by atoms with Gasteiger partial charge in [-0.25, -0.2) is 4.52 Å². The summed E-state index contributed by atoms with van der Waals surface area (Å²) < 4.78 is 11.9. The fourth-order valence-electron chi connectivity index (χ4n) is 5.73. The third-order valence-corrected chi connectivity index (χ3v) is 8.49. The molecule has 5 aromatic heterocycles. The van der Waals surface area contributed by atoms with E-state index in [-0.39, 0.29) is 0 Å². The van der Waals surface area contributed by atoms with Gasteiger partial charge in [0.15, 0.2) is 5.82 Å². The van der Waals surface area contributed by atoms with Gasteiger partial charge in [0.05, 0.1) is 16.6 Å². The molecular formula is C31H17N3OS. The number of thiophene rings is 1. The van der Waals surface area contributed by atoms with Crippen LogP contribution < -0.4 is 0 Å². The Morgan fingerprint density at radius 1 is 0.639 bits per heavy atom. The van der Waals surface area contributed by atoms with E-state index in [2.05, 4.69) is 100 Å². The predicted octanol–water partition coefficient (Wildman–Crippen LogP) is 8.70. The minimum atomic E-state index is 0.914. The van der Waals surface area contributed by atoms with Gasteiger partial charge < -0.3 is 4.42 Å². The van der Waals surface area contributed by atoms with Crippen LogP contribution in [0.4, 0.5) is 0 Å². The number of nitrogens with zero attached hydrogens (tertiary/aromatic N) is 3. The highest BCUT2D eigenvalue weighted by Gasteiger charge is 2.21. The van der Waals surface area contributed by atoms with Crippen LogP contribution in [0.3, 0.4) is 0 Å². The second-order valence-corrected chi connectivity index (χ2v) is 10.3. The van der Waals surface area contributed by atoms with Crippen molar-refractivity contribution in [1.29, 1.82) is 0 Å². The van der Waals surface area contributed by atoms with Crippen LogP contribution in [-0.4, -0.2) is 14.2 Å². The molecule has 0 aliphatic heterocycles. The Kier molecular flexibility index (Phi) is 3.39. The topological polar surface area (TPSA) is 35.4 Å². The Labute approximate surface area is 208 Å². The lowest BCUT2D eigenvalue weighted by Gasteiger charge is -2.03. The molecule has 0 unspecified atom stereocenters. The van der Waals surface area contributed by atoms with Crippen molar-refractivity contribution in [2.45, 2.75) is 0 Å². The van der Waals surface area contributed by atoms with Crippen LogP contribution in [0, 0.1) is 0 Å². The molecule has 0 bridgehead atoms. The number of aromatic nitrogens is 3. The standard InChI is InChI=1S/C31H17N3OS/c1-4-10-24-18(7-1)13-14-19-15-29(32-34(19)24)33-25-16-22-20-8-2-5-11-26(20)35-27(22)17-23(25)30-21-9-3-6-12-28(21)36-31(30)33/h1-17H. The van der Waals surface area contributed by atoms with Crippen LogP contribution in [0.1, 0.15) is 0 Å². The van der Waals surface area contributed by atoms with Gasteiger partial charge in [-0.15, -0.1) is 16.4 Å². The molecule has 0 saturated carbocycles. The lowest BCUT2D eigenvalue weighted by Crippen LogP contribution is -1.95. The molecule has 0 radical (unpaired) electrons. The zero-order valence-electron chi connectivity index (χ0n) is 19.0. The maximum atomic E-state index is 6.28. The van der Waals surface area contributed by atoms with Crippen molar-refractivity contribution in [2.75, 3.05) is 0 Å². The molecule has 0 saturated heterocycles. The van der Waals surface area contributed by atoms with Gasteiger partial charge in [0.1, 0.15) is 16.0 Å². The average molecular weight is 480 g/mol. The molecule has 4 nitrogen and oxygen atoms in total. The molecule has 36 heavy (non-hydrogen) atoms. The second-order valence-electron chi connectivity index (χ2n) is 9.31. The molecule has 5 heterocycles. The number of hydrogen-bond donors (Lipinski definition) is 0. The summed E-state index contributed by atoms with van der Waals surface area (Å²) in [7, 11) is 0. The van der Waals surface area contributed by atoms with E-state index in [1.165, 1.54) is 31.1 Å². The first-order valence-electron chi connectivity index (χ1n) is 12.0. The largest absolute Gasteiger partial charge is 0.456 e. The molecule has 0 aliphatic rings. The number of fused-ring (bicyclic) bond motifs is 11. The SMILES string of the molecule is c1ccc2c(c1)ccc1cc(-n3c4cc5c(cc4c4c6ccccc6sc43)oc3ccccc35)nn12. The van der Waals surface area contributed by atoms with Gasteiger partial charge in [-0.05, 0) is 36.4 Å². The minimum absolute atomic E-state index is 0.914. The monoisotopic (exact) mass is 479 g/mol. The van der Waals surface area contributed by atoms with E-state index in [1.807, 2.05) is 23.5 Å². The van der Waals surface area contributed by atoms with Crippen LogP contribution >= 0.6 is 11.3 Å². The summed E-state index contributed by atoms with van der Waals surface area (Å²) in [5, 5.41) is 12.3. The molecule has 0 aliphatic carbocycles. The summed E-state index contributed by atoms with van der Waals surface area (Å²) in [5.41, 5.74) is 5.16. The fraction of sp³-hybridized carbons (Fsp3) is 0. The van der Waals surface area contributed by atoms with Crippen LogP contribution in [-0.2, 0) is 0 Å². The minimum Gasteiger partial charge on any atom is -0.456 e. The molecule has 9 aromatic rings. The van der Waals surface area contributed by atoms with Gasteiger partial charge in [-0.2, -0.15) is 0 Å². The van der Waals surface area contributed by atoms with E-state index in [9.17, 15) is 0 Å².